The summed E-state index contributed by atoms with van der Waals surface area (Å²) in [6.07, 6.45) is 2.72. The third-order valence-electron chi connectivity index (χ3n) is 5.54. The molecule has 1 N–H and O–H groups in total. The molecule has 1 aliphatic heterocycles. The molecule has 0 bridgehead atoms. The van der Waals surface area contributed by atoms with Gasteiger partial charge in [0.15, 0.2) is 11.5 Å². The van der Waals surface area contributed by atoms with Gasteiger partial charge in [-0.2, -0.15) is 0 Å². The van der Waals surface area contributed by atoms with Gasteiger partial charge in [-0.1, -0.05) is 0 Å². The number of nitrogens with zero attached hydrogens (tertiary/aromatic N) is 2. The molecule has 1 saturated carbocycles. The van der Waals surface area contributed by atoms with Crippen LogP contribution in [0.15, 0.2) is 30.3 Å². The van der Waals surface area contributed by atoms with Crippen LogP contribution in [0.25, 0.3) is 0 Å². The lowest BCUT2D eigenvalue weighted by molar-refractivity contribution is -0.384. The number of benzene rings is 2. The monoisotopic (exact) mass is 425 g/mol. The molecule has 2 aliphatic rings. The van der Waals surface area contributed by atoms with Crippen LogP contribution in [-0.2, 0) is 13.0 Å². The molecule has 1 fully saturated rings. The van der Waals surface area contributed by atoms with E-state index in [-0.39, 0.29) is 11.6 Å². The Morgan fingerprint density at radius 2 is 1.81 bits per heavy atom. The van der Waals surface area contributed by atoms with Crippen LogP contribution in [0.2, 0.25) is 0 Å². The highest BCUT2D eigenvalue weighted by Gasteiger charge is 2.28. The molecule has 4 rings (SSSR count). The maximum atomic E-state index is 13.1. The number of nitro groups is 1. The molecular formula is C23H27N3O5. The minimum Gasteiger partial charge on any atom is -0.490 e. The number of ether oxygens (including phenoxy) is 2. The summed E-state index contributed by atoms with van der Waals surface area (Å²) in [5.41, 5.74) is 2.87. The van der Waals surface area contributed by atoms with E-state index in [4.69, 9.17) is 9.47 Å². The van der Waals surface area contributed by atoms with Gasteiger partial charge in [-0.15, -0.1) is 0 Å². The van der Waals surface area contributed by atoms with Crippen LogP contribution in [-0.4, -0.2) is 41.5 Å². The zero-order valence-corrected chi connectivity index (χ0v) is 17.8. The average Bonchev–Trinajstić information content (AvgIpc) is 3.58. The first-order valence-corrected chi connectivity index (χ1v) is 10.8. The summed E-state index contributed by atoms with van der Waals surface area (Å²) in [5, 5.41) is 14.7. The van der Waals surface area contributed by atoms with E-state index in [1.54, 1.807) is 17.0 Å². The van der Waals surface area contributed by atoms with Crippen molar-refractivity contribution in [3.8, 4) is 11.5 Å². The fourth-order valence-corrected chi connectivity index (χ4v) is 3.84. The highest BCUT2D eigenvalue weighted by molar-refractivity contribution is 5.96. The molecule has 1 heterocycles. The minimum absolute atomic E-state index is 0.0600. The van der Waals surface area contributed by atoms with Gasteiger partial charge in [0.2, 0.25) is 0 Å². The molecule has 1 amide bonds. The second kappa shape index (κ2) is 8.83. The number of rotatable bonds is 8. The van der Waals surface area contributed by atoms with Gasteiger partial charge in [-0.05, 0) is 68.5 Å². The number of nitrogens with one attached hydrogen (secondary N) is 1. The Morgan fingerprint density at radius 1 is 1.13 bits per heavy atom. The van der Waals surface area contributed by atoms with Gasteiger partial charge in [0.25, 0.3) is 11.6 Å². The number of nitro benzene ring substituents is 1. The summed E-state index contributed by atoms with van der Waals surface area (Å²) in [6, 6.07) is 8.91. The van der Waals surface area contributed by atoms with Crippen molar-refractivity contribution < 1.29 is 19.2 Å². The maximum absolute atomic E-state index is 13.1. The SMILES string of the molecule is CCOc1cc2c(cc1OCC)CN(C(=O)c1ccc(NC3CC3)c([N+](=O)[O-])c1)CC2. The van der Waals surface area contributed by atoms with Crippen molar-refractivity contribution in [2.45, 2.75) is 45.7 Å². The summed E-state index contributed by atoms with van der Waals surface area (Å²) in [6.45, 7) is 5.89. The van der Waals surface area contributed by atoms with Crippen molar-refractivity contribution in [2.75, 3.05) is 25.1 Å². The van der Waals surface area contributed by atoms with Gasteiger partial charge in [0.05, 0.1) is 18.1 Å². The summed E-state index contributed by atoms with van der Waals surface area (Å²) in [4.78, 5) is 26.0. The molecule has 8 heteroatoms. The molecule has 0 radical (unpaired) electrons. The minimum atomic E-state index is -0.434. The summed E-state index contributed by atoms with van der Waals surface area (Å²) in [5.74, 6) is 1.18. The number of carbonyl (C=O) groups is 1. The Morgan fingerprint density at radius 3 is 2.42 bits per heavy atom. The van der Waals surface area contributed by atoms with Crippen LogP contribution >= 0.6 is 0 Å². The number of anilines is 1. The highest BCUT2D eigenvalue weighted by atomic mass is 16.6. The largest absolute Gasteiger partial charge is 0.490 e. The predicted octanol–water partition coefficient (Wildman–Crippen LogP) is 4.17. The quantitative estimate of drug-likeness (QED) is 0.504. The van der Waals surface area contributed by atoms with Gasteiger partial charge in [-0.3, -0.25) is 14.9 Å². The molecular weight excluding hydrogens is 398 g/mol. The smallest absolute Gasteiger partial charge is 0.293 e. The lowest BCUT2D eigenvalue weighted by atomic mass is 9.98. The first kappa shape index (κ1) is 21.0. The normalized spacial score (nSPS) is 15.2. The van der Waals surface area contributed by atoms with E-state index in [0.29, 0.717) is 55.8 Å². The van der Waals surface area contributed by atoms with Gasteiger partial charge in [0, 0.05) is 30.8 Å². The molecule has 0 aromatic heterocycles. The average molecular weight is 425 g/mol. The Kier molecular flexibility index (Phi) is 5.97. The lowest BCUT2D eigenvalue weighted by Gasteiger charge is -2.30. The molecule has 0 saturated heterocycles. The van der Waals surface area contributed by atoms with E-state index in [1.807, 2.05) is 26.0 Å². The van der Waals surface area contributed by atoms with Gasteiger partial charge in [-0.25, -0.2) is 0 Å². The third kappa shape index (κ3) is 4.57. The van der Waals surface area contributed by atoms with E-state index < -0.39 is 4.92 Å². The molecule has 2 aromatic carbocycles. The number of hydrogen-bond donors (Lipinski definition) is 1. The van der Waals surface area contributed by atoms with Crippen LogP contribution in [0.5, 0.6) is 11.5 Å². The second-order valence-electron chi connectivity index (χ2n) is 7.82. The van der Waals surface area contributed by atoms with E-state index in [0.717, 1.165) is 29.7 Å². The van der Waals surface area contributed by atoms with Crippen molar-refractivity contribution in [3.05, 3.63) is 57.1 Å². The molecule has 1 aliphatic carbocycles. The molecule has 0 unspecified atom stereocenters. The van der Waals surface area contributed by atoms with E-state index in [9.17, 15) is 14.9 Å². The van der Waals surface area contributed by atoms with Crippen LogP contribution in [0.3, 0.4) is 0 Å². The Hall–Kier alpha value is -3.29. The standard InChI is InChI=1S/C23H27N3O5/c1-3-30-21-12-15-9-10-25(14-17(15)13-22(21)31-4-2)23(27)16-5-8-19(24-18-6-7-18)20(11-16)26(28)29/h5,8,11-13,18,24H,3-4,6-7,9-10,14H2,1-2H3. The van der Waals surface area contributed by atoms with E-state index in [2.05, 4.69) is 5.32 Å². The summed E-state index contributed by atoms with van der Waals surface area (Å²) in [7, 11) is 0. The zero-order valence-electron chi connectivity index (χ0n) is 17.8. The highest BCUT2D eigenvalue weighted by Crippen LogP contribution is 2.35. The van der Waals surface area contributed by atoms with Gasteiger partial charge in [0.1, 0.15) is 5.69 Å². The van der Waals surface area contributed by atoms with Crippen molar-refractivity contribution in [3.63, 3.8) is 0 Å². The molecule has 2 aromatic rings. The number of fused-ring (bicyclic) bond motifs is 1. The number of hydrogen-bond acceptors (Lipinski definition) is 6. The van der Waals surface area contributed by atoms with Crippen molar-refractivity contribution in [1.29, 1.82) is 0 Å². The van der Waals surface area contributed by atoms with E-state index >= 15 is 0 Å². The van der Waals surface area contributed by atoms with E-state index in [1.165, 1.54) is 6.07 Å². The summed E-state index contributed by atoms with van der Waals surface area (Å²) >= 11 is 0. The number of amides is 1. The maximum Gasteiger partial charge on any atom is 0.293 e. The van der Waals surface area contributed by atoms with Crippen LogP contribution in [0.4, 0.5) is 11.4 Å². The van der Waals surface area contributed by atoms with Gasteiger partial charge >= 0.3 is 0 Å². The lowest BCUT2D eigenvalue weighted by Crippen LogP contribution is -2.36. The first-order valence-electron chi connectivity index (χ1n) is 10.8. The van der Waals surface area contributed by atoms with Crippen LogP contribution in [0, 0.1) is 10.1 Å². The predicted molar refractivity (Wildman–Crippen MR) is 117 cm³/mol. The second-order valence-corrected chi connectivity index (χ2v) is 7.82. The fraction of sp³-hybridized carbons (Fsp3) is 0.435. The van der Waals surface area contributed by atoms with Gasteiger partial charge < -0.3 is 19.7 Å². The molecule has 31 heavy (non-hydrogen) atoms. The zero-order chi connectivity index (χ0) is 22.0. The Balaban J connectivity index is 1.56. The summed E-state index contributed by atoms with van der Waals surface area (Å²) < 4.78 is 11.4. The number of carbonyl (C=O) groups excluding carboxylic acids is 1. The van der Waals surface area contributed by atoms with Crippen molar-refractivity contribution in [2.24, 2.45) is 0 Å². The molecule has 0 atom stereocenters. The van der Waals surface area contributed by atoms with Crippen LogP contribution in [0.1, 0.15) is 48.2 Å². The van der Waals surface area contributed by atoms with Crippen molar-refractivity contribution >= 4 is 17.3 Å². The molecule has 0 spiro atoms. The van der Waals surface area contributed by atoms with Crippen LogP contribution < -0.4 is 14.8 Å². The third-order valence-corrected chi connectivity index (χ3v) is 5.54. The Bertz CT molecular complexity index is 1000. The van der Waals surface area contributed by atoms with Crippen molar-refractivity contribution in [1.82, 2.24) is 4.90 Å². The first-order chi connectivity index (χ1) is 15.0. The molecule has 164 valence electrons. The Labute approximate surface area is 181 Å². The molecule has 8 nitrogen and oxygen atoms in total. The topological polar surface area (TPSA) is 93.9 Å². The fourth-order valence-electron chi connectivity index (χ4n) is 3.84.